The molecule has 0 spiro atoms. The Labute approximate surface area is 113 Å². The first-order chi connectivity index (χ1) is 9.26. The van der Waals surface area contributed by atoms with E-state index in [1.807, 2.05) is 18.2 Å². The first-order valence-corrected chi connectivity index (χ1v) is 6.89. The molecular weight excluding hydrogens is 240 g/mol. The van der Waals surface area contributed by atoms with Gasteiger partial charge in [-0.05, 0) is 25.3 Å². The molecule has 4 heteroatoms. The van der Waals surface area contributed by atoms with Gasteiger partial charge in [-0.2, -0.15) is 0 Å². The molecule has 19 heavy (non-hydrogen) atoms. The number of rotatable bonds is 3. The lowest BCUT2D eigenvalue weighted by molar-refractivity contribution is 0.112. The number of fused-ring (bicyclic) bond motifs is 1. The molecule has 0 bridgehead atoms. The predicted octanol–water partition coefficient (Wildman–Crippen LogP) is 1.52. The van der Waals surface area contributed by atoms with Gasteiger partial charge in [0.1, 0.15) is 11.6 Å². The van der Waals surface area contributed by atoms with E-state index in [4.69, 9.17) is 9.73 Å². The van der Waals surface area contributed by atoms with Gasteiger partial charge in [0.2, 0.25) is 0 Å². The Morgan fingerprint density at radius 2 is 2.21 bits per heavy atom. The zero-order chi connectivity index (χ0) is 13.2. The Bertz CT molecular complexity index is 487. The normalized spacial score (nSPS) is 29.4. The number of benzene rings is 1. The summed E-state index contributed by atoms with van der Waals surface area (Å²) in [7, 11) is 1.69. The third-order valence-corrected chi connectivity index (χ3v) is 4.01. The van der Waals surface area contributed by atoms with Crippen LogP contribution < -0.4 is 10.1 Å². The minimum absolute atomic E-state index is 0.172. The van der Waals surface area contributed by atoms with Gasteiger partial charge in [-0.25, -0.2) is 0 Å². The number of hydrogen-bond donors (Lipinski definition) is 2. The molecule has 1 fully saturated rings. The summed E-state index contributed by atoms with van der Waals surface area (Å²) in [5.74, 6) is 1.93. The van der Waals surface area contributed by atoms with Crippen molar-refractivity contribution in [3.8, 4) is 5.75 Å². The molecule has 102 valence electrons. The number of ether oxygens (including phenoxy) is 1. The summed E-state index contributed by atoms with van der Waals surface area (Å²) in [4.78, 5) is 4.75. The minimum atomic E-state index is -0.172. The van der Waals surface area contributed by atoms with E-state index in [1.165, 1.54) is 0 Å². The zero-order valence-corrected chi connectivity index (χ0v) is 11.2. The molecule has 1 aliphatic carbocycles. The maximum absolute atomic E-state index is 9.70. The zero-order valence-electron chi connectivity index (χ0n) is 11.2. The molecule has 1 aliphatic heterocycles. The molecule has 1 aromatic rings. The molecule has 0 radical (unpaired) electrons. The van der Waals surface area contributed by atoms with Gasteiger partial charge in [-0.1, -0.05) is 18.2 Å². The van der Waals surface area contributed by atoms with Gasteiger partial charge < -0.3 is 15.2 Å². The van der Waals surface area contributed by atoms with Crippen LogP contribution in [0.3, 0.4) is 0 Å². The maximum atomic E-state index is 9.70. The molecule has 4 nitrogen and oxygen atoms in total. The van der Waals surface area contributed by atoms with Crippen LogP contribution in [0.1, 0.15) is 24.8 Å². The molecule has 1 saturated carbocycles. The molecule has 3 rings (SSSR count). The molecule has 1 heterocycles. The highest BCUT2D eigenvalue weighted by Crippen LogP contribution is 2.27. The van der Waals surface area contributed by atoms with Crippen molar-refractivity contribution in [2.45, 2.75) is 43.9 Å². The fourth-order valence-electron chi connectivity index (χ4n) is 3.02. The lowest BCUT2D eigenvalue weighted by atomic mass is 9.90. The monoisotopic (exact) mass is 260 g/mol. The topological polar surface area (TPSA) is 53.9 Å². The Hall–Kier alpha value is -1.55. The van der Waals surface area contributed by atoms with Crippen LogP contribution in [0.15, 0.2) is 29.3 Å². The van der Waals surface area contributed by atoms with Gasteiger partial charge in [0.25, 0.3) is 0 Å². The van der Waals surface area contributed by atoms with E-state index in [2.05, 4.69) is 11.4 Å². The smallest absolute Gasteiger partial charge is 0.122 e. The van der Waals surface area contributed by atoms with E-state index in [0.29, 0.717) is 12.1 Å². The number of aliphatic imine (C=N–C) groups is 1. The average Bonchev–Trinajstić information content (AvgIpc) is 2.80. The van der Waals surface area contributed by atoms with Crippen LogP contribution in [0.25, 0.3) is 0 Å². The van der Waals surface area contributed by atoms with E-state index in [1.54, 1.807) is 7.11 Å². The number of aliphatic hydroxyl groups is 1. The molecular formula is C15H20N2O2. The molecule has 2 N–H and O–H groups in total. The van der Waals surface area contributed by atoms with Crippen LogP contribution >= 0.6 is 0 Å². The maximum Gasteiger partial charge on any atom is 0.122 e. The standard InChI is InChI=1S/C15H20N2O2/c1-19-14-5-3-2-4-10(14)8-15-16-12-7-6-11(18)9-13(12)17-15/h2-5,11-13,18H,6-9H2,1H3,(H,16,17). The quantitative estimate of drug-likeness (QED) is 0.866. The number of nitrogens with zero attached hydrogens (tertiary/aromatic N) is 1. The first kappa shape index (κ1) is 12.5. The summed E-state index contributed by atoms with van der Waals surface area (Å²) in [5, 5.41) is 13.2. The van der Waals surface area contributed by atoms with E-state index >= 15 is 0 Å². The number of para-hydroxylation sites is 1. The molecule has 0 amide bonds. The minimum Gasteiger partial charge on any atom is -0.496 e. The lowest BCUT2D eigenvalue weighted by Crippen LogP contribution is -2.41. The van der Waals surface area contributed by atoms with Crippen LogP contribution in [0, 0.1) is 0 Å². The largest absolute Gasteiger partial charge is 0.496 e. The van der Waals surface area contributed by atoms with Gasteiger partial charge in [-0.15, -0.1) is 0 Å². The highest BCUT2D eigenvalue weighted by atomic mass is 16.5. The fraction of sp³-hybridized carbons (Fsp3) is 0.533. The van der Waals surface area contributed by atoms with Crippen molar-refractivity contribution in [1.82, 2.24) is 5.32 Å². The number of nitrogens with one attached hydrogen (secondary N) is 1. The van der Waals surface area contributed by atoms with Crippen molar-refractivity contribution in [2.75, 3.05) is 7.11 Å². The fourth-order valence-corrected chi connectivity index (χ4v) is 3.02. The molecule has 3 atom stereocenters. The molecule has 1 aromatic carbocycles. The highest BCUT2D eigenvalue weighted by Gasteiger charge is 2.34. The summed E-state index contributed by atoms with van der Waals surface area (Å²) >= 11 is 0. The Balaban J connectivity index is 1.71. The van der Waals surface area contributed by atoms with Crippen LogP contribution in [0.4, 0.5) is 0 Å². The van der Waals surface area contributed by atoms with Crippen molar-refractivity contribution in [1.29, 1.82) is 0 Å². The third-order valence-electron chi connectivity index (χ3n) is 4.01. The van der Waals surface area contributed by atoms with Crippen LogP contribution in [-0.2, 0) is 6.42 Å². The van der Waals surface area contributed by atoms with Crippen molar-refractivity contribution >= 4 is 5.84 Å². The van der Waals surface area contributed by atoms with E-state index in [-0.39, 0.29) is 6.10 Å². The Kier molecular flexibility index (Phi) is 3.42. The number of methoxy groups -OCH3 is 1. The Morgan fingerprint density at radius 1 is 1.37 bits per heavy atom. The van der Waals surface area contributed by atoms with Crippen molar-refractivity contribution in [3.63, 3.8) is 0 Å². The van der Waals surface area contributed by atoms with Gasteiger partial charge >= 0.3 is 0 Å². The summed E-state index contributed by atoms with van der Waals surface area (Å²) < 4.78 is 5.37. The van der Waals surface area contributed by atoms with Crippen LogP contribution in [0.5, 0.6) is 5.75 Å². The SMILES string of the molecule is COc1ccccc1CC1=NC2CCC(O)CC2N1. The number of aliphatic hydroxyl groups excluding tert-OH is 1. The molecule has 0 saturated heterocycles. The van der Waals surface area contributed by atoms with E-state index < -0.39 is 0 Å². The predicted molar refractivity (Wildman–Crippen MR) is 74.7 cm³/mol. The van der Waals surface area contributed by atoms with Crippen molar-refractivity contribution in [3.05, 3.63) is 29.8 Å². The second-order valence-corrected chi connectivity index (χ2v) is 5.35. The molecule has 3 unspecified atom stereocenters. The van der Waals surface area contributed by atoms with Gasteiger partial charge in [-0.3, -0.25) is 4.99 Å². The second-order valence-electron chi connectivity index (χ2n) is 5.35. The lowest BCUT2D eigenvalue weighted by Gasteiger charge is -2.27. The molecule has 2 aliphatic rings. The second kappa shape index (κ2) is 5.21. The highest BCUT2D eigenvalue weighted by molar-refractivity contribution is 5.87. The third kappa shape index (κ3) is 2.59. The number of hydrogen-bond acceptors (Lipinski definition) is 4. The molecule has 0 aromatic heterocycles. The summed E-state index contributed by atoms with van der Waals surface area (Å²) in [6.45, 7) is 0. The van der Waals surface area contributed by atoms with Crippen molar-refractivity contribution < 1.29 is 9.84 Å². The van der Waals surface area contributed by atoms with Gasteiger partial charge in [0, 0.05) is 12.0 Å². The van der Waals surface area contributed by atoms with Crippen molar-refractivity contribution in [2.24, 2.45) is 4.99 Å². The van der Waals surface area contributed by atoms with Crippen LogP contribution in [-0.4, -0.2) is 36.2 Å². The van der Waals surface area contributed by atoms with E-state index in [0.717, 1.165) is 42.8 Å². The number of amidine groups is 1. The first-order valence-electron chi connectivity index (χ1n) is 6.89. The Morgan fingerprint density at radius 3 is 3.05 bits per heavy atom. The summed E-state index contributed by atoms with van der Waals surface area (Å²) in [6.07, 6.45) is 3.26. The van der Waals surface area contributed by atoms with Crippen LogP contribution in [0.2, 0.25) is 0 Å². The average molecular weight is 260 g/mol. The summed E-state index contributed by atoms with van der Waals surface area (Å²) in [6, 6.07) is 8.69. The van der Waals surface area contributed by atoms with E-state index in [9.17, 15) is 5.11 Å². The van der Waals surface area contributed by atoms with Gasteiger partial charge in [0.05, 0.1) is 25.3 Å². The summed E-state index contributed by atoms with van der Waals surface area (Å²) in [5.41, 5.74) is 1.15. The van der Waals surface area contributed by atoms with Gasteiger partial charge in [0.15, 0.2) is 0 Å².